The number of carbonyl (C=O) groups excluding carboxylic acids is 1. The van der Waals surface area contributed by atoms with Crippen LogP contribution < -0.4 is 5.32 Å². The Kier molecular flexibility index (Phi) is 7.34. The highest BCUT2D eigenvalue weighted by molar-refractivity contribution is 6.01. The van der Waals surface area contributed by atoms with E-state index in [9.17, 15) is 10.1 Å². The van der Waals surface area contributed by atoms with E-state index in [1.54, 1.807) is 6.08 Å². The average Bonchev–Trinajstić information content (AvgIpc) is 2.49. The van der Waals surface area contributed by atoms with Crippen LogP contribution >= 0.6 is 0 Å². The minimum atomic E-state index is -0.336. The molecule has 0 unspecified atom stereocenters. The Balaban J connectivity index is 2.77. The molecule has 4 heteroatoms. The van der Waals surface area contributed by atoms with E-state index in [-0.39, 0.29) is 11.5 Å². The van der Waals surface area contributed by atoms with Crippen LogP contribution in [0.5, 0.6) is 0 Å². The maximum atomic E-state index is 12.0. The van der Waals surface area contributed by atoms with E-state index >= 15 is 0 Å². The normalized spacial score (nSPS) is 11.1. The SMILES string of the molecule is CCOCCCNC(=O)/C(C#N)=C/c1cc(C)c(C)cc1C. The Hall–Kier alpha value is -2.12. The molecule has 4 nitrogen and oxygen atoms in total. The zero-order chi connectivity index (χ0) is 16.5. The predicted molar refractivity (Wildman–Crippen MR) is 88.4 cm³/mol. The average molecular weight is 300 g/mol. The molecule has 0 aliphatic rings. The third-order valence-corrected chi connectivity index (χ3v) is 3.50. The lowest BCUT2D eigenvalue weighted by Gasteiger charge is -2.08. The molecule has 0 aliphatic heterocycles. The van der Waals surface area contributed by atoms with Gasteiger partial charge in [-0.25, -0.2) is 0 Å². The monoisotopic (exact) mass is 300 g/mol. The number of nitrogens with zero attached hydrogens (tertiary/aromatic N) is 1. The highest BCUT2D eigenvalue weighted by Crippen LogP contribution is 2.18. The molecule has 0 spiro atoms. The van der Waals surface area contributed by atoms with Gasteiger partial charge in [0.25, 0.3) is 5.91 Å². The standard InChI is InChI=1S/C18H24N2O2/c1-5-22-8-6-7-20-18(21)17(12-19)11-16-10-14(3)13(2)9-15(16)4/h9-11H,5-8H2,1-4H3,(H,20,21)/b17-11+. The maximum absolute atomic E-state index is 12.0. The van der Waals surface area contributed by atoms with Gasteiger partial charge in [0, 0.05) is 19.8 Å². The van der Waals surface area contributed by atoms with E-state index in [2.05, 4.69) is 11.4 Å². The van der Waals surface area contributed by atoms with E-state index in [0.29, 0.717) is 19.8 Å². The van der Waals surface area contributed by atoms with Gasteiger partial charge in [-0.15, -0.1) is 0 Å². The summed E-state index contributed by atoms with van der Waals surface area (Å²) in [6.45, 7) is 9.76. The highest BCUT2D eigenvalue weighted by Gasteiger charge is 2.09. The topological polar surface area (TPSA) is 62.1 Å². The second-order valence-electron chi connectivity index (χ2n) is 5.27. The minimum Gasteiger partial charge on any atom is -0.382 e. The lowest BCUT2D eigenvalue weighted by Crippen LogP contribution is -2.26. The van der Waals surface area contributed by atoms with Gasteiger partial charge in [-0.1, -0.05) is 12.1 Å². The van der Waals surface area contributed by atoms with Crippen molar-refractivity contribution >= 4 is 12.0 Å². The van der Waals surface area contributed by atoms with Crippen molar-refractivity contribution in [1.82, 2.24) is 5.32 Å². The predicted octanol–water partition coefficient (Wildman–Crippen LogP) is 3.06. The fourth-order valence-corrected chi connectivity index (χ4v) is 2.06. The van der Waals surface area contributed by atoms with E-state index in [0.717, 1.165) is 23.1 Å². The summed E-state index contributed by atoms with van der Waals surface area (Å²) in [5, 5.41) is 12.0. The van der Waals surface area contributed by atoms with Crippen LogP contribution in [0, 0.1) is 32.1 Å². The summed E-state index contributed by atoms with van der Waals surface area (Å²) in [6.07, 6.45) is 2.39. The van der Waals surface area contributed by atoms with Gasteiger partial charge < -0.3 is 10.1 Å². The first-order valence-corrected chi connectivity index (χ1v) is 7.55. The summed E-state index contributed by atoms with van der Waals surface area (Å²) in [5.41, 5.74) is 4.44. The van der Waals surface area contributed by atoms with Gasteiger partial charge in [-0.2, -0.15) is 5.26 Å². The van der Waals surface area contributed by atoms with Gasteiger partial charge in [-0.3, -0.25) is 4.79 Å². The van der Waals surface area contributed by atoms with Crippen molar-refractivity contribution in [3.8, 4) is 6.07 Å². The zero-order valence-corrected chi connectivity index (χ0v) is 13.8. The van der Waals surface area contributed by atoms with Crippen molar-refractivity contribution < 1.29 is 9.53 Å². The fourth-order valence-electron chi connectivity index (χ4n) is 2.06. The molecule has 0 saturated heterocycles. The summed E-state index contributed by atoms with van der Waals surface area (Å²) in [5.74, 6) is -0.336. The first kappa shape index (κ1) is 17.9. The molecule has 0 aliphatic carbocycles. The molecular formula is C18H24N2O2. The van der Waals surface area contributed by atoms with Crippen LogP contribution in [-0.4, -0.2) is 25.7 Å². The molecule has 0 bridgehead atoms. The van der Waals surface area contributed by atoms with Crippen LogP contribution in [0.3, 0.4) is 0 Å². The van der Waals surface area contributed by atoms with Crippen molar-refractivity contribution in [2.45, 2.75) is 34.1 Å². The molecule has 1 N–H and O–H groups in total. The van der Waals surface area contributed by atoms with E-state index in [1.807, 2.05) is 39.8 Å². The number of rotatable bonds is 7. The van der Waals surface area contributed by atoms with Crippen LogP contribution in [0.2, 0.25) is 0 Å². The smallest absolute Gasteiger partial charge is 0.261 e. The Morgan fingerprint density at radius 2 is 1.95 bits per heavy atom. The molecule has 1 aromatic rings. The second-order valence-corrected chi connectivity index (χ2v) is 5.27. The highest BCUT2D eigenvalue weighted by atomic mass is 16.5. The number of amides is 1. The molecule has 0 aromatic heterocycles. The summed E-state index contributed by atoms with van der Waals surface area (Å²) in [7, 11) is 0. The van der Waals surface area contributed by atoms with Gasteiger partial charge in [-0.05, 0) is 62.4 Å². The Morgan fingerprint density at radius 3 is 2.59 bits per heavy atom. The molecular weight excluding hydrogens is 276 g/mol. The number of carbonyl (C=O) groups is 1. The molecule has 22 heavy (non-hydrogen) atoms. The molecule has 1 rings (SSSR count). The molecule has 1 aromatic carbocycles. The summed E-state index contributed by atoms with van der Waals surface area (Å²) < 4.78 is 5.21. The minimum absolute atomic E-state index is 0.128. The first-order valence-electron chi connectivity index (χ1n) is 7.55. The van der Waals surface area contributed by atoms with Crippen molar-refractivity contribution in [3.63, 3.8) is 0 Å². The van der Waals surface area contributed by atoms with Crippen LogP contribution in [0.1, 0.15) is 35.6 Å². The number of ether oxygens (including phenoxy) is 1. The van der Waals surface area contributed by atoms with Crippen molar-refractivity contribution in [1.29, 1.82) is 5.26 Å². The maximum Gasteiger partial charge on any atom is 0.261 e. The number of nitriles is 1. The molecule has 0 radical (unpaired) electrons. The number of nitrogens with one attached hydrogen (secondary N) is 1. The van der Waals surface area contributed by atoms with Gasteiger partial charge in [0.15, 0.2) is 0 Å². The third-order valence-electron chi connectivity index (χ3n) is 3.50. The number of hydrogen-bond acceptors (Lipinski definition) is 3. The Bertz CT molecular complexity index is 598. The van der Waals surface area contributed by atoms with Crippen LogP contribution in [-0.2, 0) is 9.53 Å². The van der Waals surface area contributed by atoms with Crippen molar-refractivity contribution in [2.75, 3.05) is 19.8 Å². The van der Waals surface area contributed by atoms with Gasteiger partial charge in [0.05, 0.1) is 0 Å². The first-order chi connectivity index (χ1) is 10.5. The molecule has 1 amide bonds. The van der Waals surface area contributed by atoms with Crippen molar-refractivity contribution in [3.05, 3.63) is 40.0 Å². The van der Waals surface area contributed by atoms with E-state index < -0.39 is 0 Å². The summed E-state index contributed by atoms with van der Waals surface area (Å²) in [6, 6.07) is 6.05. The van der Waals surface area contributed by atoms with Crippen LogP contribution in [0.25, 0.3) is 6.08 Å². The Labute approximate surface area is 132 Å². The number of aryl methyl sites for hydroxylation is 3. The largest absolute Gasteiger partial charge is 0.382 e. The molecule has 0 fully saturated rings. The van der Waals surface area contributed by atoms with Crippen LogP contribution in [0.15, 0.2) is 17.7 Å². The summed E-state index contributed by atoms with van der Waals surface area (Å²) >= 11 is 0. The lowest BCUT2D eigenvalue weighted by molar-refractivity contribution is -0.117. The van der Waals surface area contributed by atoms with Gasteiger partial charge in [0.2, 0.25) is 0 Å². The summed E-state index contributed by atoms with van der Waals surface area (Å²) in [4.78, 5) is 12.0. The quantitative estimate of drug-likeness (QED) is 0.478. The van der Waals surface area contributed by atoms with E-state index in [4.69, 9.17) is 4.74 Å². The van der Waals surface area contributed by atoms with Crippen LogP contribution in [0.4, 0.5) is 0 Å². The lowest BCUT2D eigenvalue weighted by atomic mass is 9.99. The second kappa shape index (κ2) is 9.01. The fraction of sp³-hybridized carbons (Fsp3) is 0.444. The Morgan fingerprint density at radius 1 is 1.27 bits per heavy atom. The van der Waals surface area contributed by atoms with Crippen molar-refractivity contribution in [2.24, 2.45) is 0 Å². The number of benzene rings is 1. The number of hydrogen-bond donors (Lipinski definition) is 1. The molecule has 0 heterocycles. The van der Waals surface area contributed by atoms with E-state index in [1.165, 1.54) is 5.56 Å². The molecule has 0 atom stereocenters. The molecule has 0 saturated carbocycles. The van der Waals surface area contributed by atoms with Gasteiger partial charge in [0.1, 0.15) is 11.6 Å². The van der Waals surface area contributed by atoms with Gasteiger partial charge >= 0.3 is 0 Å². The zero-order valence-electron chi connectivity index (χ0n) is 13.8. The molecule has 118 valence electrons. The third kappa shape index (κ3) is 5.34.